The Labute approximate surface area is 103 Å². The zero-order chi connectivity index (χ0) is 13.1. The predicted octanol–water partition coefficient (Wildman–Crippen LogP) is 2.49. The van der Waals surface area contributed by atoms with Gasteiger partial charge in [0.15, 0.2) is 5.78 Å². The molecule has 17 heavy (non-hydrogen) atoms. The zero-order valence-corrected chi connectivity index (χ0v) is 11.0. The molecule has 1 rings (SSSR count). The maximum Gasteiger partial charge on any atom is 0.159 e. The van der Waals surface area contributed by atoms with Gasteiger partial charge in [-0.05, 0) is 52.0 Å². The van der Waals surface area contributed by atoms with E-state index in [1.807, 2.05) is 31.2 Å². The van der Waals surface area contributed by atoms with Gasteiger partial charge in [0.1, 0.15) is 0 Å². The lowest BCUT2D eigenvalue weighted by molar-refractivity contribution is 0.0875. The largest absolute Gasteiger partial charge is 0.389 e. The molecule has 3 heteroatoms. The van der Waals surface area contributed by atoms with Gasteiger partial charge in [0.05, 0.1) is 5.60 Å². The highest BCUT2D eigenvalue weighted by Crippen LogP contribution is 2.18. The lowest BCUT2D eigenvalue weighted by Gasteiger charge is -2.30. The lowest BCUT2D eigenvalue weighted by Crippen LogP contribution is -2.38. The number of hydrogen-bond acceptors (Lipinski definition) is 3. The van der Waals surface area contributed by atoms with Crippen LogP contribution in [0.15, 0.2) is 24.3 Å². The van der Waals surface area contributed by atoms with Crippen molar-refractivity contribution in [1.29, 1.82) is 0 Å². The second kappa shape index (κ2) is 5.32. The standard InChI is InChI=1S/C14H21NO2/c1-5-15(10-14(3,4)17)13-8-6-12(7-9-13)11(2)16/h6-9,17H,5,10H2,1-4H3. The zero-order valence-electron chi connectivity index (χ0n) is 11.0. The molecule has 3 nitrogen and oxygen atoms in total. The van der Waals surface area contributed by atoms with Crippen LogP contribution in [0.5, 0.6) is 0 Å². The summed E-state index contributed by atoms with van der Waals surface area (Å²) >= 11 is 0. The van der Waals surface area contributed by atoms with Crippen molar-refractivity contribution in [3.8, 4) is 0 Å². The van der Waals surface area contributed by atoms with Crippen molar-refractivity contribution in [2.24, 2.45) is 0 Å². The molecule has 0 aliphatic carbocycles. The third kappa shape index (κ3) is 4.19. The number of aliphatic hydroxyl groups is 1. The average Bonchev–Trinajstić information content (AvgIpc) is 2.25. The first kappa shape index (κ1) is 13.7. The quantitative estimate of drug-likeness (QED) is 0.797. The molecule has 0 aliphatic heterocycles. The molecule has 0 heterocycles. The molecule has 0 atom stereocenters. The molecular formula is C14H21NO2. The number of nitrogens with zero attached hydrogens (tertiary/aromatic N) is 1. The molecule has 0 fully saturated rings. The van der Waals surface area contributed by atoms with Crippen molar-refractivity contribution >= 4 is 11.5 Å². The van der Waals surface area contributed by atoms with Crippen molar-refractivity contribution < 1.29 is 9.90 Å². The molecule has 0 aromatic heterocycles. The van der Waals surface area contributed by atoms with Crippen LogP contribution < -0.4 is 4.90 Å². The number of carbonyl (C=O) groups excluding carboxylic acids is 1. The summed E-state index contributed by atoms with van der Waals surface area (Å²) in [5, 5.41) is 9.83. The smallest absolute Gasteiger partial charge is 0.159 e. The Balaban J connectivity index is 2.86. The van der Waals surface area contributed by atoms with Crippen LogP contribution in [0.3, 0.4) is 0 Å². The van der Waals surface area contributed by atoms with Crippen LogP contribution in [0.2, 0.25) is 0 Å². The van der Waals surface area contributed by atoms with E-state index in [1.165, 1.54) is 0 Å². The molecule has 0 amide bonds. The minimum absolute atomic E-state index is 0.0714. The number of ketones is 1. The minimum Gasteiger partial charge on any atom is -0.389 e. The van der Waals surface area contributed by atoms with Crippen LogP contribution in [-0.4, -0.2) is 29.6 Å². The topological polar surface area (TPSA) is 40.5 Å². The van der Waals surface area contributed by atoms with E-state index in [9.17, 15) is 9.90 Å². The van der Waals surface area contributed by atoms with E-state index in [2.05, 4.69) is 4.90 Å². The third-order valence-electron chi connectivity index (χ3n) is 2.60. The summed E-state index contributed by atoms with van der Waals surface area (Å²) in [6.07, 6.45) is 0. The molecule has 94 valence electrons. The third-order valence-corrected chi connectivity index (χ3v) is 2.60. The summed E-state index contributed by atoms with van der Waals surface area (Å²) in [7, 11) is 0. The van der Waals surface area contributed by atoms with Crippen LogP contribution in [-0.2, 0) is 0 Å². The lowest BCUT2D eigenvalue weighted by atomic mass is 10.1. The van der Waals surface area contributed by atoms with Crippen molar-refractivity contribution in [3.05, 3.63) is 29.8 Å². The van der Waals surface area contributed by atoms with Gasteiger partial charge in [-0.25, -0.2) is 0 Å². The van der Waals surface area contributed by atoms with E-state index in [1.54, 1.807) is 20.8 Å². The van der Waals surface area contributed by atoms with Gasteiger partial charge in [-0.15, -0.1) is 0 Å². The maximum absolute atomic E-state index is 11.2. The van der Waals surface area contributed by atoms with E-state index in [4.69, 9.17) is 0 Å². The summed E-state index contributed by atoms with van der Waals surface area (Å²) in [5.41, 5.74) is 1.02. The molecule has 1 aromatic rings. The highest BCUT2D eigenvalue weighted by atomic mass is 16.3. The number of benzene rings is 1. The second-order valence-electron chi connectivity index (χ2n) is 4.93. The van der Waals surface area contributed by atoms with Crippen molar-refractivity contribution in [2.45, 2.75) is 33.3 Å². The van der Waals surface area contributed by atoms with Gasteiger partial charge in [0.25, 0.3) is 0 Å². The number of hydrogen-bond donors (Lipinski definition) is 1. The van der Waals surface area contributed by atoms with Crippen LogP contribution in [0.1, 0.15) is 38.1 Å². The minimum atomic E-state index is -0.727. The number of rotatable bonds is 5. The SMILES string of the molecule is CCN(CC(C)(C)O)c1ccc(C(C)=O)cc1. The first-order valence-corrected chi connectivity index (χ1v) is 5.92. The highest BCUT2D eigenvalue weighted by Gasteiger charge is 2.17. The van der Waals surface area contributed by atoms with Gasteiger partial charge in [0, 0.05) is 24.3 Å². The molecule has 0 radical (unpaired) electrons. The van der Waals surface area contributed by atoms with E-state index in [0.29, 0.717) is 12.1 Å². The van der Waals surface area contributed by atoms with E-state index >= 15 is 0 Å². The fourth-order valence-electron chi connectivity index (χ4n) is 1.76. The van der Waals surface area contributed by atoms with Crippen LogP contribution >= 0.6 is 0 Å². The van der Waals surface area contributed by atoms with Crippen LogP contribution in [0, 0.1) is 0 Å². The molecule has 0 saturated carbocycles. The van der Waals surface area contributed by atoms with Gasteiger partial charge in [-0.3, -0.25) is 4.79 Å². The molecule has 1 aromatic carbocycles. The fraction of sp³-hybridized carbons (Fsp3) is 0.500. The molecule has 0 bridgehead atoms. The van der Waals surface area contributed by atoms with Crippen molar-refractivity contribution in [2.75, 3.05) is 18.0 Å². The van der Waals surface area contributed by atoms with Crippen LogP contribution in [0.4, 0.5) is 5.69 Å². The monoisotopic (exact) mass is 235 g/mol. The molecular weight excluding hydrogens is 214 g/mol. The van der Waals surface area contributed by atoms with Gasteiger partial charge < -0.3 is 10.0 Å². The van der Waals surface area contributed by atoms with Gasteiger partial charge in [-0.1, -0.05) is 0 Å². The Morgan fingerprint density at radius 1 is 1.29 bits per heavy atom. The number of carbonyl (C=O) groups is 1. The summed E-state index contributed by atoms with van der Waals surface area (Å²) < 4.78 is 0. The Morgan fingerprint density at radius 3 is 2.18 bits per heavy atom. The Bertz CT molecular complexity index is 376. The summed E-state index contributed by atoms with van der Waals surface area (Å²) in [5.74, 6) is 0.0714. The Kier molecular flexibility index (Phi) is 4.29. The summed E-state index contributed by atoms with van der Waals surface area (Å²) in [6, 6.07) is 7.49. The Hall–Kier alpha value is -1.35. The molecule has 0 spiro atoms. The summed E-state index contributed by atoms with van der Waals surface area (Å²) in [4.78, 5) is 13.3. The van der Waals surface area contributed by atoms with Crippen molar-refractivity contribution in [3.63, 3.8) is 0 Å². The Morgan fingerprint density at radius 2 is 1.82 bits per heavy atom. The van der Waals surface area contributed by atoms with Crippen LogP contribution in [0.25, 0.3) is 0 Å². The van der Waals surface area contributed by atoms with E-state index in [0.717, 1.165) is 12.2 Å². The fourth-order valence-corrected chi connectivity index (χ4v) is 1.76. The molecule has 1 N–H and O–H groups in total. The molecule has 0 saturated heterocycles. The van der Waals surface area contributed by atoms with Gasteiger partial charge in [0.2, 0.25) is 0 Å². The number of likely N-dealkylation sites (N-methyl/N-ethyl adjacent to an activating group) is 1. The maximum atomic E-state index is 11.2. The normalized spacial score (nSPS) is 11.4. The van der Waals surface area contributed by atoms with Gasteiger partial charge >= 0.3 is 0 Å². The molecule has 0 unspecified atom stereocenters. The highest BCUT2D eigenvalue weighted by molar-refractivity contribution is 5.94. The second-order valence-corrected chi connectivity index (χ2v) is 4.93. The first-order chi connectivity index (χ1) is 7.83. The predicted molar refractivity (Wildman–Crippen MR) is 70.6 cm³/mol. The van der Waals surface area contributed by atoms with E-state index in [-0.39, 0.29) is 5.78 Å². The summed E-state index contributed by atoms with van der Waals surface area (Å²) in [6.45, 7) is 8.58. The molecule has 0 aliphatic rings. The first-order valence-electron chi connectivity index (χ1n) is 5.92. The average molecular weight is 235 g/mol. The van der Waals surface area contributed by atoms with Gasteiger partial charge in [-0.2, -0.15) is 0 Å². The van der Waals surface area contributed by atoms with E-state index < -0.39 is 5.60 Å². The number of anilines is 1. The van der Waals surface area contributed by atoms with Crippen molar-refractivity contribution in [1.82, 2.24) is 0 Å². The number of Topliss-reactive ketones (excluding diaryl/α,β-unsaturated/α-hetero) is 1.